The molecular formula is C19H18FNO4. The Kier molecular flexibility index (Phi) is 6.28. The van der Waals surface area contributed by atoms with Gasteiger partial charge in [-0.2, -0.15) is 0 Å². The molecule has 0 aromatic heterocycles. The van der Waals surface area contributed by atoms with Crippen LogP contribution in [-0.2, 0) is 14.3 Å². The predicted molar refractivity (Wildman–Crippen MR) is 92.6 cm³/mol. The smallest absolute Gasteiger partial charge is 0.331 e. The fourth-order valence-corrected chi connectivity index (χ4v) is 2.02. The van der Waals surface area contributed by atoms with E-state index in [2.05, 4.69) is 5.32 Å². The van der Waals surface area contributed by atoms with Gasteiger partial charge in [0.2, 0.25) is 0 Å². The minimum atomic E-state index is -1.03. The molecule has 0 aliphatic rings. The van der Waals surface area contributed by atoms with Crippen molar-refractivity contribution in [2.75, 3.05) is 12.4 Å². The Hall–Kier alpha value is -3.15. The van der Waals surface area contributed by atoms with Crippen LogP contribution in [0, 0.1) is 5.82 Å². The summed E-state index contributed by atoms with van der Waals surface area (Å²) in [7, 11) is 1.49. The average Bonchev–Trinajstić information content (AvgIpc) is 2.61. The summed E-state index contributed by atoms with van der Waals surface area (Å²) >= 11 is 0. The van der Waals surface area contributed by atoms with Crippen LogP contribution in [0.1, 0.15) is 12.5 Å². The van der Waals surface area contributed by atoms with Crippen molar-refractivity contribution in [3.8, 4) is 5.75 Å². The SMILES string of the molecule is COc1ccccc1NC(=O)[C@@H](C)OC(=O)/C=C/c1ccccc1F. The number of hydrogen-bond donors (Lipinski definition) is 1. The molecule has 130 valence electrons. The molecule has 1 atom stereocenters. The number of amides is 1. The molecule has 1 amide bonds. The summed E-state index contributed by atoms with van der Waals surface area (Å²) in [6, 6.07) is 12.9. The first kappa shape index (κ1) is 18.2. The molecular weight excluding hydrogens is 325 g/mol. The highest BCUT2D eigenvalue weighted by Gasteiger charge is 2.18. The van der Waals surface area contributed by atoms with E-state index in [1.807, 2.05) is 0 Å². The lowest BCUT2D eigenvalue weighted by molar-refractivity contribution is -0.148. The molecule has 0 aliphatic heterocycles. The molecule has 0 unspecified atom stereocenters. The number of para-hydroxylation sites is 2. The number of halogens is 1. The van der Waals surface area contributed by atoms with Gasteiger partial charge in [-0.3, -0.25) is 4.79 Å². The Morgan fingerprint density at radius 3 is 2.52 bits per heavy atom. The topological polar surface area (TPSA) is 64.6 Å². The highest BCUT2D eigenvalue weighted by Crippen LogP contribution is 2.23. The van der Waals surface area contributed by atoms with Gasteiger partial charge in [-0.1, -0.05) is 30.3 Å². The van der Waals surface area contributed by atoms with E-state index in [1.54, 1.807) is 36.4 Å². The van der Waals surface area contributed by atoms with Crippen LogP contribution >= 0.6 is 0 Å². The fraction of sp³-hybridized carbons (Fsp3) is 0.158. The van der Waals surface area contributed by atoms with Crippen LogP contribution in [0.15, 0.2) is 54.6 Å². The summed E-state index contributed by atoms with van der Waals surface area (Å²) in [6.45, 7) is 1.44. The molecule has 0 bridgehead atoms. The van der Waals surface area contributed by atoms with Crippen molar-refractivity contribution in [3.63, 3.8) is 0 Å². The van der Waals surface area contributed by atoms with E-state index in [-0.39, 0.29) is 5.56 Å². The maximum absolute atomic E-state index is 13.5. The number of esters is 1. The highest BCUT2D eigenvalue weighted by molar-refractivity contribution is 5.97. The fourth-order valence-electron chi connectivity index (χ4n) is 2.02. The molecule has 0 fully saturated rings. The van der Waals surface area contributed by atoms with Crippen LogP contribution in [0.4, 0.5) is 10.1 Å². The van der Waals surface area contributed by atoms with Gasteiger partial charge in [0.15, 0.2) is 6.10 Å². The van der Waals surface area contributed by atoms with Gasteiger partial charge in [-0.05, 0) is 31.2 Å². The standard InChI is InChI=1S/C19H18FNO4/c1-13(19(23)21-16-9-5-6-10-17(16)24-2)25-18(22)12-11-14-7-3-4-8-15(14)20/h3-13H,1-2H3,(H,21,23)/b12-11+/t13-/m1/s1. The Morgan fingerprint density at radius 2 is 1.80 bits per heavy atom. The van der Waals surface area contributed by atoms with Crippen LogP contribution < -0.4 is 10.1 Å². The lowest BCUT2D eigenvalue weighted by Crippen LogP contribution is -2.29. The van der Waals surface area contributed by atoms with E-state index >= 15 is 0 Å². The minimum Gasteiger partial charge on any atom is -0.495 e. The normalized spacial score (nSPS) is 11.8. The molecule has 0 heterocycles. The van der Waals surface area contributed by atoms with Crippen molar-refractivity contribution in [1.29, 1.82) is 0 Å². The summed E-state index contributed by atoms with van der Waals surface area (Å²) in [5, 5.41) is 2.62. The summed E-state index contributed by atoms with van der Waals surface area (Å²) in [6.07, 6.45) is 1.34. The molecule has 2 aromatic carbocycles. The van der Waals surface area contributed by atoms with Crippen molar-refractivity contribution in [3.05, 3.63) is 66.0 Å². The maximum atomic E-state index is 13.5. The van der Waals surface area contributed by atoms with Gasteiger partial charge < -0.3 is 14.8 Å². The number of carbonyl (C=O) groups excluding carboxylic acids is 2. The molecule has 0 radical (unpaired) electrons. The van der Waals surface area contributed by atoms with Crippen LogP contribution in [0.5, 0.6) is 5.75 Å². The van der Waals surface area contributed by atoms with Crippen LogP contribution in [0.2, 0.25) is 0 Å². The van der Waals surface area contributed by atoms with E-state index in [1.165, 1.54) is 32.2 Å². The van der Waals surface area contributed by atoms with E-state index in [9.17, 15) is 14.0 Å². The summed E-state index contributed by atoms with van der Waals surface area (Å²) in [4.78, 5) is 23.9. The van der Waals surface area contributed by atoms with Crippen LogP contribution in [0.3, 0.4) is 0 Å². The summed E-state index contributed by atoms with van der Waals surface area (Å²) in [5.74, 6) is -1.20. The lowest BCUT2D eigenvalue weighted by atomic mass is 10.2. The number of ether oxygens (including phenoxy) is 2. The zero-order valence-electron chi connectivity index (χ0n) is 13.9. The average molecular weight is 343 g/mol. The zero-order chi connectivity index (χ0) is 18.2. The third-order valence-electron chi connectivity index (χ3n) is 3.33. The highest BCUT2D eigenvalue weighted by atomic mass is 19.1. The molecule has 2 rings (SSSR count). The van der Waals surface area contributed by atoms with Gasteiger partial charge in [0.25, 0.3) is 5.91 Å². The van der Waals surface area contributed by atoms with E-state index < -0.39 is 23.8 Å². The Morgan fingerprint density at radius 1 is 1.12 bits per heavy atom. The molecule has 6 heteroatoms. The molecule has 1 N–H and O–H groups in total. The van der Waals surface area contributed by atoms with E-state index in [0.717, 1.165) is 6.08 Å². The zero-order valence-corrected chi connectivity index (χ0v) is 13.9. The quantitative estimate of drug-likeness (QED) is 0.645. The molecule has 25 heavy (non-hydrogen) atoms. The van der Waals surface area contributed by atoms with Crippen LogP contribution in [-0.4, -0.2) is 25.1 Å². The van der Waals surface area contributed by atoms with Crippen molar-refractivity contribution in [2.24, 2.45) is 0 Å². The second kappa shape index (κ2) is 8.63. The minimum absolute atomic E-state index is 0.255. The number of carbonyl (C=O) groups is 2. The summed E-state index contributed by atoms with van der Waals surface area (Å²) < 4.78 is 23.6. The third kappa shape index (κ3) is 5.17. The first-order valence-corrected chi connectivity index (χ1v) is 7.58. The molecule has 2 aromatic rings. The number of rotatable bonds is 6. The van der Waals surface area contributed by atoms with Crippen molar-refractivity contribution in [2.45, 2.75) is 13.0 Å². The first-order chi connectivity index (χ1) is 12.0. The van der Waals surface area contributed by atoms with Gasteiger partial charge in [0.1, 0.15) is 11.6 Å². The second-order valence-corrected chi connectivity index (χ2v) is 5.12. The first-order valence-electron chi connectivity index (χ1n) is 7.58. The Bertz CT molecular complexity index is 788. The second-order valence-electron chi connectivity index (χ2n) is 5.12. The monoisotopic (exact) mass is 343 g/mol. The number of benzene rings is 2. The molecule has 0 aliphatic carbocycles. The molecule has 5 nitrogen and oxygen atoms in total. The molecule has 0 saturated carbocycles. The number of methoxy groups -OCH3 is 1. The number of anilines is 1. The van der Waals surface area contributed by atoms with Crippen LogP contribution in [0.25, 0.3) is 6.08 Å². The Labute approximate surface area is 145 Å². The van der Waals surface area contributed by atoms with Crippen molar-refractivity contribution in [1.82, 2.24) is 0 Å². The van der Waals surface area contributed by atoms with Gasteiger partial charge in [-0.15, -0.1) is 0 Å². The van der Waals surface area contributed by atoms with Crippen molar-refractivity contribution >= 4 is 23.6 Å². The number of nitrogens with one attached hydrogen (secondary N) is 1. The summed E-state index contributed by atoms with van der Waals surface area (Å²) in [5.41, 5.74) is 0.727. The van der Waals surface area contributed by atoms with E-state index in [4.69, 9.17) is 9.47 Å². The third-order valence-corrected chi connectivity index (χ3v) is 3.33. The van der Waals surface area contributed by atoms with Gasteiger partial charge >= 0.3 is 5.97 Å². The predicted octanol–water partition coefficient (Wildman–Crippen LogP) is 3.42. The van der Waals surface area contributed by atoms with E-state index in [0.29, 0.717) is 11.4 Å². The molecule has 0 saturated heterocycles. The molecule has 0 spiro atoms. The number of hydrogen-bond acceptors (Lipinski definition) is 4. The van der Waals surface area contributed by atoms with Gasteiger partial charge in [0, 0.05) is 11.6 Å². The largest absolute Gasteiger partial charge is 0.495 e. The maximum Gasteiger partial charge on any atom is 0.331 e. The van der Waals surface area contributed by atoms with Gasteiger partial charge in [0.05, 0.1) is 12.8 Å². The lowest BCUT2D eigenvalue weighted by Gasteiger charge is -2.14. The Balaban J connectivity index is 1.94. The van der Waals surface area contributed by atoms with Gasteiger partial charge in [-0.25, -0.2) is 9.18 Å². The van der Waals surface area contributed by atoms with Crippen molar-refractivity contribution < 1.29 is 23.5 Å².